The lowest BCUT2D eigenvalue weighted by atomic mass is 9.55. The maximum atomic E-state index is 14.0. The number of aliphatic hydroxyl groups excluding tert-OH is 2. The summed E-state index contributed by atoms with van der Waals surface area (Å²) in [5.41, 5.74) is -0.549. The predicted octanol–water partition coefficient (Wildman–Crippen LogP) is -0.705. The lowest BCUT2D eigenvalue weighted by Crippen LogP contribution is -2.65. The Labute approximate surface area is 259 Å². The summed E-state index contributed by atoms with van der Waals surface area (Å²) in [7, 11) is 3.12. The Morgan fingerprint density at radius 1 is 1.11 bits per heavy atom. The van der Waals surface area contributed by atoms with Crippen molar-refractivity contribution in [1.29, 1.82) is 10.8 Å². The van der Waals surface area contributed by atoms with Crippen LogP contribution in [0.25, 0.3) is 0 Å². The molecule has 1 aliphatic heterocycles. The first kappa shape index (κ1) is 32.1. The van der Waals surface area contributed by atoms with Crippen LogP contribution in [0, 0.1) is 22.7 Å². The normalized spacial score (nSPS) is 30.2. The van der Waals surface area contributed by atoms with Crippen LogP contribution in [0.15, 0.2) is 40.9 Å². The number of aromatic hydroxyl groups is 1. The summed E-state index contributed by atoms with van der Waals surface area (Å²) in [5, 5.41) is 75.2. The minimum absolute atomic E-state index is 0.0299. The van der Waals surface area contributed by atoms with Gasteiger partial charge < -0.3 is 41.5 Å². The molecule has 1 aromatic rings. The summed E-state index contributed by atoms with van der Waals surface area (Å²) >= 11 is 0. The number of phenols is 1. The number of hydrogen-bond acceptors (Lipinski definition) is 12. The second-order valence-corrected chi connectivity index (χ2v) is 12.5. The zero-order chi connectivity index (χ0) is 33.2. The Hall–Kier alpha value is -4.31. The molecule has 3 aliphatic carbocycles. The van der Waals surface area contributed by atoms with Gasteiger partial charge in [-0.15, -0.1) is 0 Å². The molecule has 1 aromatic carbocycles. The molecule has 4 aliphatic rings. The number of Topliss-reactive ketones (excluding diaryl/α,β-unsaturated/α-hetero) is 2. The van der Waals surface area contributed by atoms with Crippen LogP contribution in [0.1, 0.15) is 35.7 Å². The van der Waals surface area contributed by atoms with Crippen LogP contribution in [0.3, 0.4) is 0 Å². The first-order valence-corrected chi connectivity index (χ1v) is 14.6. The van der Waals surface area contributed by atoms with E-state index in [-0.39, 0.29) is 42.3 Å². The van der Waals surface area contributed by atoms with Gasteiger partial charge in [0.2, 0.25) is 5.78 Å². The number of likely N-dealkylation sites (N-methyl/N-ethyl adjacent to an activating group) is 1. The highest BCUT2D eigenvalue weighted by molar-refractivity contribution is 6.25. The number of hydrogen-bond donors (Lipinski definition) is 9. The third-order valence-electron chi connectivity index (χ3n) is 9.58. The molecule has 5 atom stereocenters. The van der Waals surface area contributed by atoms with Crippen LogP contribution >= 0.6 is 0 Å². The quantitative estimate of drug-likeness (QED) is 0.108. The van der Waals surface area contributed by atoms with Crippen molar-refractivity contribution in [2.45, 2.75) is 37.0 Å². The molecule has 0 bridgehead atoms. The number of rotatable bonds is 6. The number of nitrogens with one attached hydrogen (secondary N) is 3. The van der Waals surface area contributed by atoms with Crippen LogP contribution in [0.5, 0.6) is 5.75 Å². The number of amides is 1. The Morgan fingerprint density at radius 2 is 1.76 bits per heavy atom. The molecule has 45 heavy (non-hydrogen) atoms. The van der Waals surface area contributed by atoms with E-state index in [1.54, 1.807) is 19.0 Å². The lowest BCUT2D eigenvalue weighted by molar-refractivity contribution is -0.152. The van der Waals surface area contributed by atoms with Crippen molar-refractivity contribution in [2.24, 2.45) is 17.6 Å². The molecule has 1 heterocycles. The molecule has 0 saturated carbocycles. The highest BCUT2D eigenvalue weighted by Gasteiger charge is 2.65. The van der Waals surface area contributed by atoms with Gasteiger partial charge >= 0.3 is 0 Å². The molecule has 10 N–H and O–H groups in total. The van der Waals surface area contributed by atoms with E-state index in [2.05, 4.69) is 5.32 Å². The summed E-state index contributed by atoms with van der Waals surface area (Å²) in [6, 6.07) is 3.03. The van der Waals surface area contributed by atoms with E-state index in [1.165, 1.54) is 30.0 Å². The standard InChI is InChI=1S/C30H39N7O8/c1-29(44)14-5-4-6-17(38)20(14)24(39)21-15(29)11-16-23(35(2)3)25(40)22(27(42)30(16,45)26(21)41)28(43)34-13-36-7-9-37(10-8-36)19(33)12-18(31)32/h4-6,15-16,23,33,38,40-41,44-45H,7-13H2,1-3H3,(H3,31,32)(H,34,43). The average molecular weight is 626 g/mol. The molecule has 5 unspecified atom stereocenters. The number of aliphatic hydroxyl groups is 4. The molecule has 0 spiro atoms. The van der Waals surface area contributed by atoms with Crippen molar-refractivity contribution in [3.63, 3.8) is 0 Å². The first-order chi connectivity index (χ1) is 21.0. The van der Waals surface area contributed by atoms with Gasteiger partial charge in [0, 0.05) is 43.6 Å². The van der Waals surface area contributed by atoms with Gasteiger partial charge in [0.05, 0.1) is 36.1 Å². The smallest absolute Gasteiger partial charge is 0.259 e. The second-order valence-electron chi connectivity index (χ2n) is 12.5. The fraction of sp³-hybridized carbons (Fsp3) is 0.500. The molecule has 0 aromatic heterocycles. The number of benzene rings is 1. The fourth-order valence-electron chi connectivity index (χ4n) is 7.23. The topological polar surface area (TPSA) is 248 Å². The third kappa shape index (κ3) is 4.95. The molecule has 242 valence electrons. The summed E-state index contributed by atoms with van der Waals surface area (Å²) in [5.74, 6) is -7.50. The molecule has 1 amide bonds. The summed E-state index contributed by atoms with van der Waals surface area (Å²) < 4.78 is 0. The van der Waals surface area contributed by atoms with Crippen LogP contribution < -0.4 is 11.1 Å². The number of nitrogens with two attached hydrogens (primary N) is 1. The predicted molar refractivity (Wildman–Crippen MR) is 161 cm³/mol. The van der Waals surface area contributed by atoms with Crippen molar-refractivity contribution in [3.8, 4) is 5.75 Å². The Morgan fingerprint density at radius 3 is 2.36 bits per heavy atom. The maximum Gasteiger partial charge on any atom is 0.259 e. The zero-order valence-corrected chi connectivity index (χ0v) is 25.3. The number of nitrogens with zero attached hydrogens (tertiary/aromatic N) is 3. The van der Waals surface area contributed by atoms with Crippen LogP contribution in [0.2, 0.25) is 0 Å². The molecule has 0 radical (unpaired) electrons. The van der Waals surface area contributed by atoms with E-state index in [0.717, 1.165) is 0 Å². The summed E-state index contributed by atoms with van der Waals surface area (Å²) in [6.07, 6.45) is -0.190. The summed E-state index contributed by atoms with van der Waals surface area (Å²) in [6.45, 7) is 3.15. The van der Waals surface area contributed by atoms with Crippen LogP contribution in [-0.4, -0.2) is 128 Å². The lowest BCUT2D eigenvalue weighted by Gasteiger charge is -2.52. The molecule has 1 saturated heterocycles. The largest absolute Gasteiger partial charge is 0.510 e. The number of carbonyl (C=O) groups excluding carboxylic acids is 3. The number of carbonyl (C=O) groups is 3. The fourth-order valence-corrected chi connectivity index (χ4v) is 7.23. The Kier molecular flexibility index (Phi) is 8.02. The van der Waals surface area contributed by atoms with Gasteiger partial charge in [0.15, 0.2) is 11.4 Å². The van der Waals surface area contributed by atoms with Gasteiger partial charge in [0.1, 0.15) is 28.7 Å². The van der Waals surface area contributed by atoms with Crippen molar-refractivity contribution in [3.05, 3.63) is 52.0 Å². The van der Waals surface area contributed by atoms with E-state index in [9.17, 15) is 39.9 Å². The van der Waals surface area contributed by atoms with E-state index in [1.807, 2.05) is 4.90 Å². The minimum atomic E-state index is -2.80. The molecule has 15 heteroatoms. The van der Waals surface area contributed by atoms with Gasteiger partial charge in [0.25, 0.3) is 5.91 Å². The zero-order valence-electron chi connectivity index (χ0n) is 25.3. The molecule has 5 rings (SSSR count). The van der Waals surface area contributed by atoms with Gasteiger partial charge in [-0.1, -0.05) is 12.1 Å². The highest BCUT2D eigenvalue weighted by atomic mass is 16.3. The average Bonchev–Trinajstić information content (AvgIpc) is 2.96. The highest BCUT2D eigenvalue weighted by Crippen LogP contribution is 2.56. The Balaban J connectivity index is 1.45. The van der Waals surface area contributed by atoms with Crippen LogP contribution in [-0.2, 0) is 15.2 Å². The number of fused-ring (bicyclic) bond motifs is 3. The number of amidine groups is 2. The van der Waals surface area contributed by atoms with E-state index in [4.69, 9.17) is 16.6 Å². The summed E-state index contributed by atoms with van der Waals surface area (Å²) in [4.78, 5) is 46.2. The number of phenolic OH excluding ortho intramolecular Hbond substituents is 1. The number of ketones is 2. The van der Waals surface area contributed by atoms with Crippen molar-refractivity contribution in [1.82, 2.24) is 20.0 Å². The van der Waals surface area contributed by atoms with Gasteiger partial charge in [-0.05, 0) is 39.1 Å². The van der Waals surface area contributed by atoms with Gasteiger partial charge in [-0.25, -0.2) is 0 Å². The van der Waals surface area contributed by atoms with Gasteiger partial charge in [-0.2, -0.15) is 0 Å². The third-order valence-corrected chi connectivity index (χ3v) is 9.58. The monoisotopic (exact) mass is 625 g/mol. The van der Waals surface area contributed by atoms with Crippen LogP contribution in [0.4, 0.5) is 0 Å². The molecule has 1 fully saturated rings. The molecular formula is C30H39N7O8. The number of piperazine rings is 1. The van der Waals surface area contributed by atoms with E-state index < -0.39 is 75.0 Å². The SMILES string of the molecule is CN(C)C1C(O)=C(C(=O)NCN2CCN(C(=N)CC(=N)N)CC2)C(=O)C2(O)C(O)=C3C(=O)c4c(O)cccc4C(C)(O)C3CC12. The van der Waals surface area contributed by atoms with E-state index >= 15 is 0 Å². The van der Waals surface area contributed by atoms with E-state index in [0.29, 0.717) is 26.2 Å². The van der Waals surface area contributed by atoms with Gasteiger partial charge in [-0.3, -0.25) is 35.0 Å². The second kappa shape index (κ2) is 11.2. The first-order valence-electron chi connectivity index (χ1n) is 14.6. The maximum absolute atomic E-state index is 14.0. The molecule has 15 nitrogen and oxygen atoms in total. The molecular weight excluding hydrogens is 586 g/mol. The van der Waals surface area contributed by atoms with Crippen molar-refractivity contribution in [2.75, 3.05) is 46.9 Å². The Bertz CT molecular complexity index is 1560. The van der Waals surface area contributed by atoms with Crippen molar-refractivity contribution >= 4 is 29.1 Å². The minimum Gasteiger partial charge on any atom is -0.510 e. The van der Waals surface area contributed by atoms with Crippen molar-refractivity contribution < 1.29 is 39.9 Å².